The molecule has 3 aromatic rings. The van der Waals surface area contributed by atoms with Crippen LogP contribution in [0.5, 0.6) is 0 Å². The minimum absolute atomic E-state index is 0.215. The van der Waals surface area contributed by atoms with E-state index in [1.165, 1.54) is 11.1 Å². The maximum absolute atomic E-state index is 12.4. The summed E-state index contributed by atoms with van der Waals surface area (Å²) in [7, 11) is 4.07. The summed E-state index contributed by atoms with van der Waals surface area (Å²) in [4.78, 5) is 18.1. The third-order valence-electron chi connectivity index (χ3n) is 3.96. The molecule has 3 rings (SSSR count). The molecule has 7 heteroatoms. The molecular formula is C18H21ClN5O+. The molecule has 0 aliphatic carbocycles. The van der Waals surface area contributed by atoms with Crippen molar-refractivity contribution in [2.75, 3.05) is 27.2 Å². The number of halogens is 1. The first-order valence-electron chi connectivity index (χ1n) is 8.15. The lowest BCUT2D eigenvalue weighted by atomic mass is 10.2. The van der Waals surface area contributed by atoms with Crippen LogP contribution >= 0.6 is 11.6 Å². The number of aromatic nitrogens is 3. The van der Waals surface area contributed by atoms with Crippen molar-refractivity contribution in [2.45, 2.75) is 6.92 Å². The number of carbonyl (C=O) groups excluding carboxylic acids is 1. The van der Waals surface area contributed by atoms with Gasteiger partial charge in [-0.05, 0) is 19.1 Å². The average Bonchev–Trinajstić information content (AvgIpc) is 2.93. The smallest absolute Gasteiger partial charge is 0.254 e. The van der Waals surface area contributed by atoms with E-state index >= 15 is 0 Å². The Kier molecular flexibility index (Phi) is 5.01. The van der Waals surface area contributed by atoms with Crippen LogP contribution in [0.3, 0.4) is 0 Å². The number of carbonyl (C=O) groups is 1. The van der Waals surface area contributed by atoms with Gasteiger partial charge in [-0.1, -0.05) is 29.8 Å². The number of aryl methyl sites for hydroxylation is 1. The predicted molar refractivity (Wildman–Crippen MR) is 98.6 cm³/mol. The molecule has 0 aliphatic heterocycles. The van der Waals surface area contributed by atoms with Gasteiger partial charge in [0.05, 0.1) is 54.5 Å². The summed E-state index contributed by atoms with van der Waals surface area (Å²) >= 11 is 6.52. The first-order valence-corrected chi connectivity index (χ1v) is 8.53. The van der Waals surface area contributed by atoms with Crippen LogP contribution in [0.4, 0.5) is 0 Å². The summed E-state index contributed by atoms with van der Waals surface area (Å²) in [6.07, 6.45) is 1.52. The number of hydrogen-bond acceptors (Lipinski definition) is 3. The number of quaternary nitrogens is 1. The standard InChI is InChI=1S/C18H20ClN5O/c1-12-15-16(19)14(18(25)20-9-10-23(2)3)11-21-17(15)24(22-12)13-7-5-4-6-8-13/h4-8,11H,9-10H2,1-3H3,(H,20,25)/p+1. The maximum atomic E-state index is 12.4. The van der Waals surface area contributed by atoms with Gasteiger partial charge in [-0.25, -0.2) is 9.67 Å². The molecule has 2 aromatic heterocycles. The van der Waals surface area contributed by atoms with E-state index in [-0.39, 0.29) is 5.91 Å². The Bertz CT molecular complexity index is 905. The Morgan fingerprint density at radius 2 is 2.00 bits per heavy atom. The minimum Gasteiger partial charge on any atom is -0.346 e. The highest BCUT2D eigenvalue weighted by atomic mass is 35.5. The SMILES string of the molecule is Cc1nn(-c2ccccc2)c2ncc(C(=O)NCC[NH+](C)C)c(Cl)c12. The van der Waals surface area contributed by atoms with Crippen LogP contribution < -0.4 is 10.2 Å². The van der Waals surface area contributed by atoms with E-state index in [2.05, 4.69) is 15.4 Å². The van der Waals surface area contributed by atoms with E-state index in [0.29, 0.717) is 28.2 Å². The lowest BCUT2D eigenvalue weighted by molar-refractivity contribution is -0.856. The van der Waals surface area contributed by atoms with Crippen LogP contribution in [-0.2, 0) is 0 Å². The number of nitrogens with one attached hydrogen (secondary N) is 2. The monoisotopic (exact) mass is 358 g/mol. The molecule has 0 radical (unpaired) electrons. The van der Waals surface area contributed by atoms with Gasteiger partial charge in [0.1, 0.15) is 0 Å². The predicted octanol–water partition coefficient (Wildman–Crippen LogP) is 1.26. The van der Waals surface area contributed by atoms with E-state index in [4.69, 9.17) is 11.6 Å². The molecule has 0 saturated heterocycles. The molecule has 1 aromatic carbocycles. The van der Waals surface area contributed by atoms with Crippen LogP contribution in [0.2, 0.25) is 5.02 Å². The second kappa shape index (κ2) is 7.21. The Balaban J connectivity index is 1.98. The van der Waals surface area contributed by atoms with Crippen LogP contribution in [0.15, 0.2) is 36.5 Å². The van der Waals surface area contributed by atoms with Crippen LogP contribution in [0, 0.1) is 6.92 Å². The van der Waals surface area contributed by atoms with Gasteiger partial charge in [-0.15, -0.1) is 0 Å². The lowest BCUT2D eigenvalue weighted by Gasteiger charge is -2.10. The second-order valence-corrected chi connectivity index (χ2v) is 6.61. The van der Waals surface area contributed by atoms with Crippen molar-refractivity contribution in [1.29, 1.82) is 0 Å². The number of fused-ring (bicyclic) bond motifs is 1. The van der Waals surface area contributed by atoms with Gasteiger partial charge in [0.25, 0.3) is 5.91 Å². The van der Waals surface area contributed by atoms with Gasteiger partial charge >= 0.3 is 0 Å². The molecule has 2 N–H and O–H groups in total. The van der Waals surface area contributed by atoms with E-state index < -0.39 is 0 Å². The van der Waals surface area contributed by atoms with E-state index in [0.717, 1.165) is 17.9 Å². The van der Waals surface area contributed by atoms with Crippen molar-refractivity contribution in [3.8, 4) is 5.69 Å². The average molecular weight is 359 g/mol. The fourth-order valence-corrected chi connectivity index (χ4v) is 2.99. The van der Waals surface area contributed by atoms with Crippen LogP contribution in [0.25, 0.3) is 16.7 Å². The number of benzene rings is 1. The molecule has 0 fully saturated rings. The van der Waals surface area contributed by atoms with Gasteiger partial charge in [0.2, 0.25) is 0 Å². The van der Waals surface area contributed by atoms with Gasteiger partial charge in [-0.2, -0.15) is 5.10 Å². The summed E-state index contributed by atoms with van der Waals surface area (Å²) in [5.41, 5.74) is 2.65. The summed E-state index contributed by atoms with van der Waals surface area (Å²) in [6, 6.07) is 9.72. The normalized spacial score (nSPS) is 11.2. The van der Waals surface area contributed by atoms with E-state index in [1.54, 1.807) is 4.68 Å². The van der Waals surface area contributed by atoms with Crippen molar-refractivity contribution in [2.24, 2.45) is 0 Å². The van der Waals surface area contributed by atoms with Crippen LogP contribution in [0.1, 0.15) is 16.1 Å². The number of rotatable bonds is 5. The number of hydrogen-bond donors (Lipinski definition) is 2. The molecular weight excluding hydrogens is 338 g/mol. The van der Waals surface area contributed by atoms with Crippen molar-refractivity contribution < 1.29 is 9.69 Å². The molecule has 0 saturated carbocycles. The molecule has 0 spiro atoms. The molecule has 0 bridgehead atoms. The molecule has 6 nitrogen and oxygen atoms in total. The second-order valence-electron chi connectivity index (χ2n) is 6.23. The van der Waals surface area contributed by atoms with Gasteiger partial charge in [0, 0.05) is 6.20 Å². The Hall–Kier alpha value is -2.44. The molecule has 0 unspecified atom stereocenters. The third-order valence-corrected chi connectivity index (χ3v) is 4.36. The minimum atomic E-state index is -0.215. The fourth-order valence-electron chi connectivity index (χ4n) is 2.64. The topological polar surface area (TPSA) is 64.2 Å². The Morgan fingerprint density at radius 3 is 2.68 bits per heavy atom. The van der Waals surface area contributed by atoms with Crippen molar-refractivity contribution in [1.82, 2.24) is 20.1 Å². The fraction of sp³-hybridized carbons (Fsp3) is 0.278. The summed E-state index contributed by atoms with van der Waals surface area (Å²) in [6.45, 7) is 3.29. The van der Waals surface area contributed by atoms with E-state index in [9.17, 15) is 4.79 Å². The zero-order valence-corrected chi connectivity index (χ0v) is 15.3. The number of amides is 1. The Labute approximate surface area is 151 Å². The van der Waals surface area contributed by atoms with Crippen molar-refractivity contribution in [3.05, 3.63) is 52.8 Å². The summed E-state index contributed by atoms with van der Waals surface area (Å²) in [5.74, 6) is -0.215. The zero-order chi connectivity index (χ0) is 18.0. The number of para-hydroxylation sites is 1. The highest BCUT2D eigenvalue weighted by molar-refractivity contribution is 6.38. The van der Waals surface area contributed by atoms with E-state index in [1.807, 2.05) is 51.4 Å². The largest absolute Gasteiger partial charge is 0.346 e. The zero-order valence-electron chi connectivity index (χ0n) is 14.5. The third kappa shape index (κ3) is 3.50. The first kappa shape index (κ1) is 17.4. The summed E-state index contributed by atoms with van der Waals surface area (Å²) < 4.78 is 1.74. The van der Waals surface area contributed by atoms with Gasteiger partial charge in [-0.3, -0.25) is 4.79 Å². The number of nitrogens with zero attached hydrogens (tertiary/aromatic N) is 3. The van der Waals surface area contributed by atoms with Gasteiger partial charge in [0.15, 0.2) is 5.65 Å². The summed E-state index contributed by atoms with van der Waals surface area (Å²) in [5, 5.41) is 8.52. The molecule has 0 aliphatic rings. The quantitative estimate of drug-likeness (QED) is 0.721. The lowest BCUT2D eigenvalue weighted by Crippen LogP contribution is -3.06. The Morgan fingerprint density at radius 1 is 1.28 bits per heavy atom. The molecule has 25 heavy (non-hydrogen) atoms. The van der Waals surface area contributed by atoms with Gasteiger partial charge < -0.3 is 10.2 Å². The molecule has 1 amide bonds. The van der Waals surface area contributed by atoms with Crippen molar-refractivity contribution >= 4 is 28.5 Å². The maximum Gasteiger partial charge on any atom is 0.254 e. The first-order chi connectivity index (χ1) is 12.0. The number of likely N-dealkylation sites (N-methyl/N-ethyl adjacent to an activating group) is 1. The molecule has 130 valence electrons. The highest BCUT2D eigenvalue weighted by Gasteiger charge is 2.19. The highest BCUT2D eigenvalue weighted by Crippen LogP contribution is 2.29. The number of pyridine rings is 1. The van der Waals surface area contributed by atoms with Crippen LogP contribution in [-0.4, -0.2) is 47.9 Å². The molecule has 2 heterocycles. The van der Waals surface area contributed by atoms with Crippen molar-refractivity contribution in [3.63, 3.8) is 0 Å². The molecule has 0 atom stereocenters.